The van der Waals surface area contributed by atoms with Crippen LogP contribution in [0.2, 0.25) is 0 Å². The van der Waals surface area contributed by atoms with Crippen LogP contribution in [0, 0.1) is 0 Å². The number of ether oxygens (including phenoxy) is 4. The van der Waals surface area contributed by atoms with Gasteiger partial charge in [0.2, 0.25) is 0 Å². The maximum atomic E-state index is 9.47. The molecule has 1 saturated heterocycles. The highest BCUT2D eigenvalue weighted by Crippen LogP contribution is 2.19. The minimum absolute atomic E-state index is 0.222. The van der Waals surface area contributed by atoms with Gasteiger partial charge in [0.15, 0.2) is 12.6 Å². The van der Waals surface area contributed by atoms with Crippen LogP contribution in [0.5, 0.6) is 0 Å². The molecule has 6 heteroatoms. The van der Waals surface area contributed by atoms with Gasteiger partial charge in [0, 0.05) is 7.11 Å². The van der Waals surface area contributed by atoms with Gasteiger partial charge in [-0.2, -0.15) is 0 Å². The van der Waals surface area contributed by atoms with Crippen molar-refractivity contribution in [2.24, 2.45) is 0 Å². The second-order valence-electron chi connectivity index (χ2n) is 3.35. The summed E-state index contributed by atoms with van der Waals surface area (Å²) in [6.45, 7) is 7.79. The second-order valence-corrected chi connectivity index (χ2v) is 3.35. The number of aliphatic hydroxyl groups excluding tert-OH is 2. The van der Waals surface area contributed by atoms with Gasteiger partial charge < -0.3 is 29.2 Å². The molecule has 4 atom stereocenters. The molecule has 18 heavy (non-hydrogen) atoms. The Balaban J connectivity index is 0.00000137. The summed E-state index contributed by atoms with van der Waals surface area (Å²) < 4.78 is 20.7. The summed E-state index contributed by atoms with van der Waals surface area (Å²) in [5.41, 5.74) is 0. The lowest BCUT2D eigenvalue weighted by atomic mass is 10.2. The van der Waals surface area contributed by atoms with Crippen molar-refractivity contribution < 1.29 is 29.2 Å². The van der Waals surface area contributed by atoms with Crippen molar-refractivity contribution in [2.75, 3.05) is 26.9 Å². The molecule has 0 radical (unpaired) electrons. The zero-order chi connectivity index (χ0) is 14.0. The van der Waals surface area contributed by atoms with Gasteiger partial charge in [-0.1, -0.05) is 19.9 Å². The summed E-state index contributed by atoms with van der Waals surface area (Å²) in [4.78, 5) is 0. The van der Waals surface area contributed by atoms with E-state index in [1.165, 1.54) is 7.11 Å². The van der Waals surface area contributed by atoms with E-state index in [2.05, 4.69) is 6.58 Å². The topological polar surface area (TPSA) is 77.4 Å². The summed E-state index contributed by atoms with van der Waals surface area (Å²) in [6, 6.07) is 0. The molecule has 1 rings (SSSR count). The number of rotatable bonds is 6. The van der Waals surface area contributed by atoms with E-state index in [4.69, 9.17) is 24.1 Å². The molecule has 0 bridgehead atoms. The molecule has 0 aromatic heterocycles. The van der Waals surface area contributed by atoms with Crippen LogP contribution < -0.4 is 0 Å². The third kappa shape index (κ3) is 5.43. The Morgan fingerprint density at radius 2 is 1.94 bits per heavy atom. The molecule has 0 spiro atoms. The Hall–Kier alpha value is -0.500. The highest BCUT2D eigenvalue weighted by atomic mass is 16.8. The van der Waals surface area contributed by atoms with Crippen LogP contribution >= 0.6 is 0 Å². The first-order valence-corrected chi connectivity index (χ1v) is 6.04. The van der Waals surface area contributed by atoms with E-state index in [1.54, 1.807) is 6.08 Å². The second kappa shape index (κ2) is 10.4. The zero-order valence-corrected chi connectivity index (χ0v) is 11.2. The number of hydrogen-bond acceptors (Lipinski definition) is 6. The van der Waals surface area contributed by atoms with Crippen molar-refractivity contribution in [1.29, 1.82) is 0 Å². The fourth-order valence-corrected chi connectivity index (χ4v) is 1.38. The van der Waals surface area contributed by atoms with E-state index < -0.39 is 24.8 Å². The smallest absolute Gasteiger partial charge is 0.186 e. The van der Waals surface area contributed by atoms with Crippen LogP contribution in [0.3, 0.4) is 0 Å². The maximum absolute atomic E-state index is 9.47. The molecule has 0 amide bonds. The van der Waals surface area contributed by atoms with Crippen LogP contribution in [0.4, 0.5) is 0 Å². The van der Waals surface area contributed by atoms with E-state index in [-0.39, 0.29) is 13.2 Å². The van der Waals surface area contributed by atoms with E-state index in [0.717, 1.165) is 0 Å². The largest absolute Gasteiger partial charge is 0.393 e. The maximum Gasteiger partial charge on any atom is 0.186 e. The first kappa shape index (κ1) is 17.5. The van der Waals surface area contributed by atoms with Crippen molar-refractivity contribution in [3.63, 3.8) is 0 Å². The number of methoxy groups -OCH3 is 1. The molecule has 1 aliphatic heterocycles. The SMILES string of the molecule is C=CCOCC1OC(O)C(CO)OC1OC.CC. The fourth-order valence-electron chi connectivity index (χ4n) is 1.38. The molecule has 1 fully saturated rings. The van der Waals surface area contributed by atoms with E-state index >= 15 is 0 Å². The Morgan fingerprint density at radius 1 is 1.28 bits per heavy atom. The van der Waals surface area contributed by atoms with Gasteiger partial charge in [-0.25, -0.2) is 0 Å². The van der Waals surface area contributed by atoms with Gasteiger partial charge in [-0.3, -0.25) is 0 Å². The summed E-state index contributed by atoms with van der Waals surface area (Å²) in [6.07, 6.45) is -1.54. The predicted molar refractivity (Wildman–Crippen MR) is 66.0 cm³/mol. The Labute approximate surface area is 108 Å². The van der Waals surface area contributed by atoms with Crippen molar-refractivity contribution in [3.8, 4) is 0 Å². The molecule has 4 unspecified atom stereocenters. The standard InChI is InChI=1S/C10H18O6.C2H6/c1-3-4-14-6-8-10(13-2)16-7(5-11)9(12)15-8;1-2/h3,7-12H,1,4-6H2,2H3;1-2H3. The van der Waals surface area contributed by atoms with Gasteiger partial charge in [-0.05, 0) is 0 Å². The third-order valence-corrected chi connectivity index (χ3v) is 2.17. The fraction of sp³-hybridized carbons (Fsp3) is 0.833. The Kier molecular flexibility index (Phi) is 10.1. The summed E-state index contributed by atoms with van der Waals surface area (Å²) in [5, 5.41) is 18.4. The predicted octanol–water partition coefficient (Wildman–Crippen LogP) is 0.282. The molecule has 1 heterocycles. The zero-order valence-electron chi connectivity index (χ0n) is 11.2. The van der Waals surface area contributed by atoms with Gasteiger partial charge in [-0.15, -0.1) is 6.58 Å². The molecule has 0 aromatic carbocycles. The lowest BCUT2D eigenvalue weighted by Crippen LogP contribution is -2.52. The van der Waals surface area contributed by atoms with Crippen LogP contribution in [0.15, 0.2) is 12.7 Å². The minimum Gasteiger partial charge on any atom is -0.393 e. The van der Waals surface area contributed by atoms with Crippen LogP contribution in [0.25, 0.3) is 0 Å². The highest BCUT2D eigenvalue weighted by molar-refractivity contribution is 4.75. The van der Waals surface area contributed by atoms with Crippen molar-refractivity contribution in [2.45, 2.75) is 38.6 Å². The molecule has 0 aliphatic carbocycles. The van der Waals surface area contributed by atoms with E-state index in [1.807, 2.05) is 13.8 Å². The highest BCUT2D eigenvalue weighted by Gasteiger charge is 2.37. The molecule has 6 nitrogen and oxygen atoms in total. The molecule has 2 N–H and O–H groups in total. The first-order valence-electron chi connectivity index (χ1n) is 6.04. The van der Waals surface area contributed by atoms with Crippen molar-refractivity contribution in [1.82, 2.24) is 0 Å². The monoisotopic (exact) mass is 264 g/mol. The molecular weight excluding hydrogens is 240 g/mol. The molecule has 0 saturated carbocycles. The van der Waals surface area contributed by atoms with Crippen LogP contribution in [-0.4, -0.2) is 61.9 Å². The first-order chi connectivity index (χ1) is 8.72. The Morgan fingerprint density at radius 3 is 2.44 bits per heavy atom. The summed E-state index contributed by atoms with van der Waals surface area (Å²) >= 11 is 0. The van der Waals surface area contributed by atoms with Crippen LogP contribution in [-0.2, 0) is 18.9 Å². The molecule has 0 aromatic rings. The van der Waals surface area contributed by atoms with Crippen LogP contribution in [0.1, 0.15) is 13.8 Å². The Bertz CT molecular complexity index is 211. The van der Waals surface area contributed by atoms with Gasteiger partial charge >= 0.3 is 0 Å². The van der Waals surface area contributed by atoms with Gasteiger partial charge in [0.05, 0.1) is 19.8 Å². The molecular formula is C12H24O6. The quantitative estimate of drug-likeness (QED) is 0.530. The number of aliphatic hydroxyl groups is 2. The lowest BCUT2D eigenvalue weighted by molar-refractivity contribution is -0.345. The minimum atomic E-state index is -1.17. The molecule has 108 valence electrons. The average molecular weight is 264 g/mol. The summed E-state index contributed by atoms with van der Waals surface area (Å²) in [7, 11) is 1.46. The lowest BCUT2D eigenvalue weighted by Gasteiger charge is -2.37. The van der Waals surface area contributed by atoms with Crippen molar-refractivity contribution >= 4 is 0 Å². The average Bonchev–Trinajstić information content (AvgIpc) is 2.41. The summed E-state index contributed by atoms with van der Waals surface area (Å²) in [5.74, 6) is 0. The normalized spacial score (nSPS) is 31.4. The van der Waals surface area contributed by atoms with Gasteiger partial charge in [0.25, 0.3) is 0 Å². The number of hydrogen-bond donors (Lipinski definition) is 2. The van der Waals surface area contributed by atoms with Crippen molar-refractivity contribution in [3.05, 3.63) is 12.7 Å². The molecule has 1 aliphatic rings. The van der Waals surface area contributed by atoms with Gasteiger partial charge in [0.1, 0.15) is 12.2 Å². The van der Waals surface area contributed by atoms with E-state index in [0.29, 0.717) is 6.61 Å². The third-order valence-electron chi connectivity index (χ3n) is 2.17. The van der Waals surface area contributed by atoms with E-state index in [9.17, 15) is 5.11 Å².